The zero-order valence-corrected chi connectivity index (χ0v) is 15.2. The molecule has 22 heavy (non-hydrogen) atoms. The van der Waals surface area contributed by atoms with Crippen LogP contribution < -0.4 is 5.32 Å². The number of hydrogen-bond acceptors (Lipinski definition) is 4. The molecule has 0 amide bonds. The standard InChI is InChI=1S/C14H26N4O2S.ClH/c1-4-17-11-14(16-12(17)2)21(19,20)18-9-6-13(7-10-18)5-8-15-3;/h11,13,15H,4-10H2,1-3H3;1H. The number of aromatic nitrogens is 2. The first-order valence-electron chi connectivity index (χ1n) is 7.67. The van der Waals surface area contributed by atoms with Gasteiger partial charge in [-0.15, -0.1) is 12.4 Å². The SMILES string of the molecule is CCn1cc(S(=O)(=O)N2CCC(CCNC)CC2)nc1C.Cl. The molecule has 1 N–H and O–H groups in total. The molecule has 128 valence electrons. The maximum absolute atomic E-state index is 12.6. The molecule has 0 bridgehead atoms. The lowest BCUT2D eigenvalue weighted by Crippen LogP contribution is -2.39. The van der Waals surface area contributed by atoms with Gasteiger partial charge in [0.2, 0.25) is 0 Å². The summed E-state index contributed by atoms with van der Waals surface area (Å²) in [7, 11) is -1.48. The molecular formula is C14H27ClN4O2S. The highest BCUT2D eigenvalue weighted by Gasteiger charge is 2.31. The number of rotatable bonds is 6. The molecule has 8 heteroatoms. The lowest BCUT2D eigenvalue weighted by Gasteiger charge is -2.30. The van der Waals surface area contributed by atoms with Gasteiger partial charge in [0.25, 0.3) is 10.0 Å². The number of piperidine rings is 1. The maximum atomic E-state index is 12.6. The van der Waals surface area contributed by atoms with Crippen LogP contribution in [0, 0.1) is 12.8 Å². The number of imidazole rings is 1. The van der Waals surface area contributed by atoms with Crippen molar-refractivity contribution < 1.29 is 8.42 Å². The smallest absolute Gasteiger partial charge is 0.262 e. The summed E-state index contributed by atoms with van der Waals surface area (Å²) >= 11 is 0. The molecule has 0 aromatic carbocycles. The number of hydrogen-bond donors (Lipinski definition) is 1. The number of halogens is 1. The van der Waals surface area contributed by atoms with Crippen LogP contribution in [0.3, 0.4) is 0 Å². The zero-order valence-electron chi connectivity index (χ0n) is 13.6. The Morgan fingerprint density at radius 1 is 1.36 bits per heavy atom. The van der Waals surface area contributed by atoms with Crippen molar-refractivity contribution in [1.29, 1.82) is 0 Å². The molecule has 2 heterocycles. The van der Waals surface area contributed by atoms with Gasteiger partial charge in [0.1, 0.15) is 5.82 Å². The number of nitrogens with one attached hydrogen (secondary N) is 1. The third kappa shape index (κ3) is 4.22. The van der Waals surface area contributed by atoms with E-state index >= 15 is 0 Å². The van der Waals surface area contributed by atoms with Crippen molar-refractivity contribution in [3.8, 4) is 0 Å². The average molecular weight is 351 g/mol. The van der Waals surface area contributed by atoms with Gasteiger partial charge >= 0.3 is 0 Å². The van der Waals surface area contributed by atoms with Gasteiger partial charge in [0.05, 0.1) is 0 Å². The number of aryl methyl sites for hydroxylation is 2. The molecule has 0 unspecified atom stereocenters. The van der Waals surface area contributed by atoms with E-state index in [2.05, 4.69) is 10.3 Å². The third-order valence-corrected chi connectivity index (χ3v) is 6.05. The van der Waals surface area contributed by atoms with Crippen LogP contribution in [0.4, 0.5) is 0 Å². The molecule has 1 aromatic rings. The van der Waals surface area contributed by atoms with Crippen LogP contribution >= 0.6 is 12.4 Å². The summed E-state index contributed by atoms with van der Waals surface area (Å²) in [4.78, 5) is 4.22. The Morgan fingerprint density at radius 2 is 2.00 bits per heavy atom. The van der Waals surface area contributed by atoms with E-state index in [1.165, 1.54) is 0 Å². The first-order valence-corrected chi connectivity index (χ1v) is 9.11. The molecule has 0 saturated carbocycles. The Kier molecular flexibility index (Phi) is 7.31. The van der Waals surface area contributed by atoms with E-state index < -0.39 is 10.0 Å². The van der Waals surface area contributed by atoms with Crippen LogP contribution in [0.1, 0.15) is 32.0 Å². The van der Waals surface area contributed by atoms with Crippen molar-refractivity contribution in [2.24, 2.45) is 5.92 Å². The summed E-state index contributed by atoms with van der Waals surface area (Å²) in [6, 6.07) is 0. The van der Waals surface area contributed by atoms with E-state index in [1.807, 2.05) is 25.5 Å². The van der Waals surface area contributed by atoms with Crippen LogP contribution in [0.25, 0.3) is 0 Å². The van der Waals surface area contributed by atoms with Gasteiger partial charge in [0, 0.05) is 25.8 Å². The minimum absolute atomic E-state index is 0. The zero-order chi connectivity index (χ0) is 15.5. The fraction of sp³-hybridized carbons (Fsp3) is 0.786. The second-order valence-corrected chi connectivity index (χ2v) is 7.54. The molecule has 1 aliphatic rings. The van der Waals surface area contributed by atoms with Gasteiger partial charge in [-0.3, -0.25) is 0 Å². The summed E-state index contributed by atoms with van der Waals surface area (Å²) in [6.45, 7) is 6.77. The Labute approximate surface area is 139 Å². The van der Waals surface area contributed by atoms with Gasteiger partial charge in [-0.1, -0.05) is 0 Å². The fourth-order valence-corrected chi connectivity index (χ4v) is 4.31. The van der Waals surface area contributed by atoms with E-state index in [1.54, 1.807) is 10.5 Å². The lowest BCUT2D eigenvalue weighted by molar-refractivity contribution is 0.262. The Balaban J connectivity index is 0.00000242. The van der Waals surface area contributed by atoms with Crippen LogP contribution in [0.5, 0.6) is 0 Å². The molecule has 0 aliphatic carbocycles. The van der Waals surface area contributed by atoms with Crippen molar-refractivity contribution in [3.05, 3.63) is 12.0 Å². The van der Waals surface area contributed by atoms with Gasteiger partial charge in [-0.05, 0) is 52.6 Å². The van der Waals surface area contributed by atoms with Crippen molar-refractivity contribution in [2.45, 2.75) is 44.7 Å². The average Bonchev–Trinajstić information content (AvgIpc) is 2.87. The number of sulfonamides is 1. The van der Waals surface area contributed by atoms with Crippen LogP contribution in [-0.2, 0) is 16.6 Å². The minimum Gasteiger partial charge on any atom is -0.334 e. The van der Waals surface area contributed by atoms with Crippen molar-refractivity contribution in [2.75, 3.05) is 26.7 Å². The lowest BCUT2D eigenvalue weighted by atomic mass is 9.95. The Hall–Kier alpha value is -0.630. The van der Waals surface area contributed by atoms with Crippen LogP contribution in [-0.4, -0.2) is 49.0 Å². The predicted octanol–water partition coefficient (Wildman–Crippen LogP) is 1.64. The first kappa shape index (κ1) is 19.4. The largest absolute Gasteiger partial charge is 0.334 e. The van der Waals surface area contributed by atoms with E-state index in [0.29, 0.717) is 19.0 Å². The highest BCUT2D eigenvalue weighted by molar-refractivity contribution is 7.89. The number of nitrogens with zero attached hydrogens (tertiary/aromatic N) is 3. The summed E-state index contributed by atoms with van der Waals surface area (Å²) in [5.41, 5.74) is 0. The Morgan fingerprint density at radius 3 is 2.50 bits per heavy atom. The molecule has 0 atom stereocenters. The van der Waals surface area contributed by atoms with Crippen LogP contribution in [0.2, 0.25) is 0 Å². The maximum Gasteiger partial charge on any atom is 0.262 e. The second kappa shape index (κ2) is 8.29. The molecule has 0 radical (unpaired) electrons. The summed E-state index contributed by atoms with van der Waals surface area (Å²) in [6.07, 6.45) is 4.65. The quantitative estimate of drug-likeness (QED) is 0.847. The first-order chi connectivity index (χ1) is 9.98. The highest BCUT2D eigenvalue weighted by Crippen LogP contribution is 2.25. The third-order valence-electron chi connectivity index (χ3n) is 4.27. The molecule has 1 aliphatic heterocycles. The van der Waals surface area contributed by atoms with E-state index in [9.17, 15) is 8.42 Å². The summed E-state index contributed by atoms with van der Waals surface area (Å²) in [5.74, 6) is 1.37. The van der Waals surface area contributed by atoms with Crippen molar-refractivity contribution in [3.63, 3.8) is 0 Å². The monoisotopic (exact) mass is 350 g/mol. The summed E-state index contributed by atoms with van der Waals surface area (Å²) < 4.78 is 28.7. The second-order valence-electron chi connectivity index (χ2n) is 5.65. The van der Waals surface area contributed by atoms with Crippen molar-refractivity contribution in [1.82, 2.24) is 19.2 Å². The molecule has 1 aromatic heterocycles. The molecule has 6 nitrogen and oxygen atoms in total. The molecular weight excluding hydrogens is 324 g/mol. The summed E-state index contributed by atoms with van der Waals surface area (Å²) in [5, 5.41) is 3.34. The molecule has 1 saturated heterocycles. The van der Waals surface area contributed by atoms with Crippen molar-refractivity contribution >= 4 is 22.4 Å². The van der Waals surface area contributed by atoms with Crippen LogP contribution in [0.15, 0.2) is 11.2 Å². The van der Waals surface area contributed by atoms with Gasteiger partial charge in [-0.2, -0.15) is 4.31 Å². The minimum atomic E-state index is -3.43. The topological polar surface area (TPSA) is 67.2 Å². The van der Waals surface area contributed by atoms with Gasteiger partial charge in [-0.25, -0.2) is 13.4 Å². The molecule has 2 rings (SSSR count). The fourth-order valence-electron chi connectivity index (χ4n) is 2.84. The predicted molar refractivity (Wildman–Crippen MR) is 89.9 cm³/mol. The highest BCUT2D eigenvalue weighted by atomic mass is 35.5. The van der Waals surface area contributed by atoms with E-state index in [4.69, 9.17) is 0 Å². The van der Waals surface area contributed by atoms with Gasteiger partial charge in [0.15, 0.2) is 5.03 Å². The molecule has 1 fully saturated rings. The molecule has 0 spiro atoms. The van der Waals surface area contributed by atoms with E-state index in [-0.39, 0.29) is 17.4 Å². The van der Waals surface area contributed by atoms with E-state index in [0.717, 1.165) is 38.2 Å². The van der Waals surface area contributed by atoms with Gasteiger partial charge < -0.3 is 9.88 Å². The Bertz CT molecular complexity index is 565. The normalized spacial score (nSPS) is 17.4.